The van der Waals surface area contributed by atoms with E-state index in [4.69, 9.17) is 10.8 Å². The summed E-state index contributed by atoms with van der Waals surface area (Å²) in [4.78, 5) is 35.1. The fraction of sp³-hybridized carbons (Fsp3) is 0.364. The van der Waals surface area contributed by atoms with Crippen LogP contribution in [0.2, 0.25) is 0 Å². The first-order valence-electron chi connectivity index (χ1n) is 5.49. The van der Waals surface area contributed by atoms with Gasteiger partial charge in [0.05, 0.1) is 6.04 Å². The van der Waals surface area contributed by atoms with Crippen molar-refractivity contribution in [2.24, 2.45) is 5.73 Å². The molecule has 8 heteroatoms. The minimum atomic E-state index is -1.21. The van der Waals surface area contributed by atoms with Crippen LogP contribution in [0.3, 0.4) is 0 Å². The predicted molar refractivity (Wildman–Crippen MR) is 69.7 cm³/mol. The van der Waals surface area contributed by atoms with Gasteiger partial charge >= 0.3 is 12.0 Å². The molecule has 0 aliphatic heterocycles. The highest BCUT2D eigenvalue weighted by atomic mass is 32.1. The van der Waals surface area contributed by atoms with E-state index in [0.717, 1.165) is 9.78 Å². The third-order valence-electron chi connectivity index (χ3n) is 2.27. The van der Waals surface area contributed by atoms with Crippen molar-refractivity contribution < 1.29 is 19.5 Å². The van der Waals surface area contributed by atoms with Gasteiger partial charge in [0, 0.05) is 4.88 Å². The molecular formula is C11H15N3O4S. The van der Waals surface area contributed by atoms with Gasteiger partial charge in [-0.1, -0.05) is 6.07 Å². The van der Waals surface area contributed by atoms with E-state index in [-0.39, 0.29) is 6.04 Å². The van der Waals surface area contributed by atoms with Gasteiger partial charge in [-0.15, -0.1) is 11.3 Å². The molecule has 1 aromatic heterocycles. The molecule has 0 saturated heterocycles. The van der Waals surface area contributed by atoms with Gasteiger partial charge in [0.1, 0.15) is 13.1 Å². The number of nitrogens with one attached hydrogen (secondary N) is 1. The van der Waals surface area contributed by atoms with Crippen molar-refractivity contribution >= 4 is 29.2 Å². The monoisotopic (exact) mass is 285 g/mol. The Bertz CT molecular complexity index is 445. The normalized spacial score (nSPS) is 11.6. The first-order valence-corrected chi connectivity index (χ1v) is 6.37. The van der Waals surface area contributed by atoms with Gasteiger partial charge in [-0.2, -0.15) is 0 Å². The Hall–Kier alpha value is -2.09. The molecular weight excluding hydrogens is 270 g/mol. The molecule has 1 rings (SSSR count). The standard InChI is InChI=1S/C11H15N3O4S/c1-7(8-3-2-4-19-8)13-11(18)14(5-9(12)15)6-10(16)17/h2-4,7H,5-6H2,1H3,(H2,12,15)(H,13,18)(H,16,17). The van der Waals surface area contributed by atoms with E-state index in [1.165, 1.54) is 11.3 Å². The van der Waals surface area contributed by atoms with Crippen LogP contribution in [0.5, 0.6) is 0 Å². The number of hydrogen-bond donors (Lipinski definition) is 3. The van der Waals surface area contributed by atoms with Crippen molar-refractivity contribution in [3.63, 3.8) is 0 Å². The lowest BCUT2D eigenvalue weighted by atomic mass is 10.3. The lowest BCUT2D eigenvalue weighted by molar-refractivity contribution is -0.137. The van der Waals surface area contributed by atoms with Crippen LogP contribution in [0.1, 0.15) is 17.8 Å². The van der Waals surface area contributed by atoms with Gasteiger partial charge in [-0.25, -0.2) is 4.79 Å². The number of carbonyl (C=O) groups is 3. The number of amides is 3. The average molecular weight is 285 g/mol. The number of urea groups is 1. The number of rotatable bonds is 6. The quantitative estimate of drug-likeness (QED) is 0.701. The van der Waals surface area contributed by atoms with Crippen molar-refractivity contribution in [2.45, 2.75) is 13.0 Å². The highest BCUT2D eigenvalue weighted by Crippen LogP contribution is 2.18. The van der Waals surface area contributed by atoms with Gasteiger partial charge in [-0.3, -0.25) is 9.59 Å². The second-order valence-electron chi connectivity index (χ2n) is 3.90. The van der Waals surface area contributed by atoms with Crippen LogP contribution >= 0.6 is 11.3 Å². The number of nitrogens with zero attached hydrogens (tertiary/aromatic N) is 1. The van der Waals surface area contributed by atoms with E-state index in [9.17, 15) is 14.4 Å². The summed E-state index contributed by atoms with van der Waals surface area (Å²) >= 11 is 1.47. The summed E-state index contributed by atoms with van der Waals surface area (Å²) in [6, 6.07) is 2.80. The Morgan fingerprint density at radius 1 is 1.47 bits per heavy atom. The predicted octanol–water partition coefficient (Wildman–Crippen LogP) is 0.391. The van der Waals surface area contributed by atoms with Crippen molar-refractivity contribution in [2.75, 3.05) is 13.1 Å². The molecule has 0 aliphatic carbocycles. The molecule has 104 valence electrons. The van der Waals surface area contributed by atoms with Gasteiger partial charge < -0.3 is 21.1 Å². The molecule has 0 aliphatic rings. The minimum Gasteiger partial charge on any atom is -0.480 e. The van der Waals surface area contributed by atoms with Crippen LogP contribution in [-0.4, -0.2) is 41.0 Å². The molecule has 1 heterocycles. The molecule has 0 radical (unpaired) electrons. The summed E-state index contributed by atoms with van der Waals surface area (Å²) in [5.41, 5.74) is 4.98. The topological polar surface area (TPSA) is 113 Å². The Kier molecular flexibility index (Phi) is 5.31. The zero-order valence-corrected chi connectivity index (χ0v) is 11.1. The zero-order valence-electron chi connectivity index (χ0n) is 10.3. The number of aliphatic carboxylic acids is 1. The molecule has 19 heavy (non-hydrogen) atoms. The van der Waals surface area contributed by atoms with E-state index in [2.05, 4.69) is 5.32 Å². The molecule has 0 spiro atoms. The minimum absolute atomic E-state index is 0.267. The van der Waals surface area contributed by atoms with Gasteiger partial charge in [0.15, 0.2) is 0 Å². The maximum Gasteiger partial charge on any atom is 0.323 e. The lowest BCUT2D eigenvalue weighted by Crippen LogP contribution is -2.47. The van der Waals surface area contributed by atoms with Crippen molar-refractivity contribution in [3.8, 4) is 0 Å². The maximum absolute atomic E-state index is 11.9. The Morgan fingerprint density at radius 2 is 2.16 bits per heavy atom. The third kappa shape index (κ3) is 4.96. The fourth-order valence-corrected chi connectivity index (χ4v) is 2.17. The van der Waals surface area contributed by atoms with E-state index in [1.54, 1.807) is 6.92 Å². The second-order valence-corrected chi connectivity index (χ2v) is 4.88. The maximum atomic E-state index is 11.9. The summed E-state index contributed by atoms with van der Waals surface area (Å²) in [5.74, 6) is -1.97. The summed E-state index contributed by atoms with van der Waals surface area (Å²) < 4.78 is 0. The number of nitrogens with two attached hydrogens (primary N) is 1. The van der Waals surface area contributed by atoms with Crippen LogP contribution in [0, 0.1) is 0 Å². The zero-order chi connectivity index (χ0) is 14.4. The molecule has 7 nitrogen and oxygen atoms in total. The van der Waals surface area contributed by atoms with Gasteiger partial charge in [0.2, 0.25) is 5.91 Å². The SMILES string of the molecule is CC(NC(=O)N(CC(N)=O)CC(=O)O)c1cccs1. The Labute approximate surface area is 114 Å². The number of carboxylic acid groups (broad SMARTS) is 1. The number of thiophene rings is 1. The van der Waals surface area contributed by atoms with Crippen molar-refractivity contribution in [1.29, 1.82) is 0 Å². The van der Waals surface area contributed by atoms with E-state index >= 15 is 0 Å². The molecule has 4 N–H and O–H groups in total. The number of primary amides is 1. The van der Waals surface area contributed by atoms with Crippen LogP contribution in [0.4, 0.5) is 4.79 Å². The van der Waals surface area contributed by atoms with Crippen LogP contribution in [0.25, 0.3) is 0 Å². The first-order chi connectivity index (χ1) is 8.90. The smallest absolute Gasteiger partial charge is 0.323 e. The number of carboxylic acids is 1. The van der Waals surface area contributed by atoms with E-state index in [1.807, 2.05) is 17.5 Å². The largest absolute Gasteiger partial charge is 0.480 e. The van der Waals surface area contributed by atoms with Crippen LogP contribution in [-0.2, 0) is 9.59 Å². The second kappa shape index (κ2) is 6.74. The molecule has 0 fully saturated rings. The molecule has 1 aromatic rings. The third-order valence-corrected chi connectivity index (χ3v) is 3.32. The van der Waals surface area contributed by atoms with Crippen molar-refractivity contribution in [3.05, 3.63) is 22.4 Å². The summed E-state index contributed by atoms with van der Waals surface area (Å²) in [7, 11) is 0. The molecule has 3 amide bonds. The summed E-state index contributed by atoms with van der Waals surface area (Å²) in [6.07, 6.45) is 0. The fourth-order valence-electron chi connectivity index (χ4n) is 1.44. The van der Waals surface area contributed by atoms with Gasteiger partial charge in [-0.05, 0) is 18.4 Å². The number of carbonyl (C=O) groups excluding carboxylic acids is 2. The van der Waals surface area contributed by atoms with E-state index in [0.29, 0.717) is 0 Å². The van der Waals surface area contributed by atoms with Crippen molar-refractivity contribution in [1.82, 2.24) is 10.2 Å². The summed E-state index contributed by atoms with van der Waals surface area (Å²) in [6.45, 7) is 0.758. The van der Waals surface area contributed by atoms with Crippen LogP contribution in [0.15, 0.2) is 17.5 Å². The van der Waals surface area contributed by atoms with E-state index < -0.39 is 31.0 Å². The number of hydrogen-bond acceptors (Lipinski definition) is 4. The molecule has 0 aromatic carbocycles. The van der Waals surface area contributed by atoms with Crippen LogP contribution < -0.4 is 11.1 Å². The first kappa shape index (κ1) is 15.0. The Morgan fingerprint density at radius 3 is 2.63 bits per heavy atom. The average Bonchev–Trinajstić information content (AvgIpc) is 2.79. The summed E-state index contributed by atoms with van der Waals surface area (Å²) in [5, 5.41) is 13.2. The van der Waals surface area contributed by atoms with Gasteiger partial charge in [0.25, 0.3) is 0 Å². The molecule has 1 atom stereocenters. The Balaban J connectivity index is 2.65. The molecule has 1 unspecified atom stereocenters. The molecule has 0 bridgehead atoms. The highest BCUT2D eigenvalue weighted by Gasteiger charge is 2.20. The lowest BCUT2D eigenvalue weighted by Gasteiger charge is -2.22. The highest BCUT2D eigenvalue weighted by molar-refractivity contribution is 7.10. The molecule has 0 saturated carbocycles.